The van der Waals surface area contributed by atoms with E-state index in [0.717, 1.165) is 0 Å². The first-order valence-electron chi connectivity index (χ1n) is 10.1. The minimum atomic E-state index is -3.89. The van der Waals surface area contributed by atoms with Crippen molar-refractivity contribution < 1.29 is 27.5 Å². The fourth-order valence-corrected chi connectivity index (χ4v) is 5.20. The molecule has 1 saturated heterocycles. The maximum Gasteiger partial charge on any atom is 0.339 e. The smallest absolute Gasteiger partial charge is 0.339 e. The number of anilines is 1. The summed E-state index contributed by atoms with van der Waals surface area (Å²) in [4.78, 5) is 24.6. The Morgan fingerprint density at radius 3 is 2.39 bits per heavy atom. The van der Waals surface area contributed by atoms with Crippen molar-refractivity contribution >= 4 is 27.6 Å². The maximum absolute atomic E-state index is 13.1. The lowest BCUT2D eigenvalue weighted by molar-refractivity contribution is -0.120. The number of hydrogen-bond acceptors (Lipinski definition) is 6. The minimum Gasteiger partial charge on any atom is -0.492 e. The normalized spacial score (nSPS) is 15.3. The molecule has 1 fully saturated rings. The molecule has 1 amide bonds. The van der Waals surface area contributed by atoms with Crippen LogP contribution in [-0.4, -0.2) is 51.4 Å². The van der Waals surface area contributed by atoms with E-state index in [1.54, 1.807) is 24.3 Å². The summed E-state index contributed by atoms with van der Waals surface area (Å²) < 4.78 is 37.8. The average Bonchev–Trinajstić information content (AvgIpc) is 2.80. The minimum absolute atomic E-state index is 0.00241. The molecule has 0 aliphatic carbocycles. The van der Waals surface area contributed by atoms with Crippen LogP contribution in [0.15, 0.2) is 53.4 Å². The fourth-order valence-electron chi connectivity index (χ4n) is 3.55. The number of hydrogen-bond donors (Lipinski definition) is 1. The van der Waals surface area contributed by atoms with Crippen LogP contribution in [0.2, 0.25) is 0 Å². The molecular weight excluding hydrogens is 420 g/mol. The van der Waals surface area contributed by atoms with Crippen LogP contribution in [0.3, 0.4) is 0 Å². The molecule has 0 atom stereocenters. The Kier molecular flexibility index (Phi) is 7.29. The lowest BCUT2D eigenvalue weighted by Crippen LogP contribution is -2.41. The molecule has 1 aliphatic heterocycles. The largest absolute Gasteiger partial charge is 0.492 e. The lowest BCUT2D eigenvalue weighted by Gasteiger charge is -2.31. The Morgan fingerprint density at radius 2 is 1.71 bits per heavy atom. The Morgan fingerprint density at radius 1 is 1.06 bits per heavy atom. The highest BCUT2D eigenvalue weighted by Crippen LogP contribution is 2.29. The van der Waals surface area contributed by atoms with Crippen molar-refractivity contribution in [3.63, 3.8) is 0 Å². The van der Waals surface area contributed by atoms with Gasteiger partial charge in [-0.05, 0) is 44.0 Å². The number of benzene rings is 2. The molecular formula is C22H26N2O6S. The number of esters is 1. The van der Waals surface area contributed by atoms with Crippen molar-refractivity contribution in [1.82, 2.24) is 4.31 Å². The van der Waals surface area contributed by atoms with E-state index in [-0.39, 0.29) is 35.4 Å². The Labute approximate surface area is 182 Å². The molecule has 31 heavy (non-hydrogen) atoms. The van der Waals surface area contributed by atoms with Crippen molar-refractivity contribution in [3.05, 3.63) is 54.1 Å². The van der Waals surface area contributed by atoms with E-state index in [0.29, 0.717) is 30.9 Å². The Balaban J connectivity index is 1.68. The monoisotopic (exact) mass is 446 g/mol. The number of nitrogens with one attached hydrogen (secondary N) is 1. The van der Waals surface area contributed by atoms with Crippen LogP contribution in [-0.2, 0) is 19.6 Å². The van der Waals surface area contributed by atoms with Crippen LogP contribution in [0, 0.1) is 5.92 Å². The average molecular weight is 447 g/mol. The van der Waals surface area contributed by atoms with E-state index in [2.05, 4.69) is 5.32 Å². The van der Waals surface area contributed by atoms with Gasteiger partial charge in [0.05, 0.1) is 29.9 Å². The van der Waals surface area contributed by atoms with Gasteiger partial charge in [-0.1, -0.05) is 24.3 Å². The SMILES string of the molecule is CCOc1ccccc1NC(=O)C1CCN(S(=O)(=O)c2ccccc2C(=O)OC)CC1. The third-order valence-electron chi connectivity index (χ3n) is 5.18. The number of amides is 1. The third kappa shape index (κ3) is 5.05. The van der Waals surface area contributed by atoms with E-state index in [9.17, 15) is 18.0 Å². The van der Waals surface area contributed by atoms with E-state index >= 15 is 0 Å². The zero-order chi connectivity index (χ0) is 22.4. The summed E-state index contributed by atoms with van der Waals surface area (Å²) in [7, 11) is -2.68. The highest BCUT2D eigenvalue weighted by Gasteiger charge is 2.34. The van der Waals surface area contributed by atoms with Gasteiger partial charge in [-0.15, -0.1) is 0 Å². The van der Waals surface area contributed by atoms with E-state index in [1.165, 1.54) is 23.5 Å². The topological polar surface area (TPSA) is 102 Å². The molecule has 1 N–H and O–H groups in total. The van der Waals surface area contributed by atoms with Gasteiger partial charge >= 0.3 is 5.97 Å². The molecule has 3 rings (SSSR count). The van der Waals surface area contributed by atoms with Gasteiger partial charge in [0.25, 0.3) is 0 Å². The number of nitrogens with zero attached hydrogens (tertiary/aromatic N) is 1. The van der Waals surface area contributed by atoms with E-state index < -0.39 is 16.0 Å². The van der Waals surface area contributed by atoms with Gasteiger partial charge in [-0.25, -0.2) is 13.2 Å². The first-order valence-corrected chi connectivity index (χ1v) is 11.5. The van der Waals surface area contributed by atoms with Crippen LogP contribution in [0.25, 0.3) is 0 Å². The second-order valence-corrected chi connectivity index (χ2v) is 8.99. The summed E-state index contributed by atoms with van der Waals surface area (Å²) in [6.45, 7) is 2.72. The van der Waals surface area contributed by atoms with E-state index in [4.69, 9.17) is 9.47 Å². The van der Waals surface area contributed by atoms with Crippen LogP contribution < -0.4 is 10.1 Å². The maximum atomic E-state index is 13.1. The number of carbonyl (C=O) groups excluding carboxylic acids is 2. The molecule has 0 radical (unpaired) electrons. The summed E-state index contributed by atoms with van der Waals surface area (Å²) in [6.07, 6.45) is 0.754. The summed E-state index contributed by atoms with van der Waals surface area (Å²) in [5.74, 6) is -0.602. The molecule has 0 bridgehead atoms. The highest BCUT2D eigenvalue weighted by atomic mass is 32.2. The predicted molar refractivity (Wildman–Crippen MR) is 116 cm³/mol. The number of carbonyl (C=O) groups is 2. The van der Waals surface area contributed by atoms with Gasteiger partial charge in [0.1, 0.15) is 5.75 Å². The summed E-state index contributed by atoms with van der Waals surface area (Å²) in [5, 5.41) is 2.89. The molecule has 2 aromatic carbocycles. The molecule has 0 unspecified atom stereocenters. The standard InChI is InChI=1S/C22H26N2O6S/c1-3-30-19-10-6-5-9-18(19)23-21(25)16-12-14-24(15-13-16)31(27,28)20-11-7-4-8-17(20)22(26)29-2/h4-11,16H,3,12-15H2,1-2H3,(H,23,25). The molecule has 0 saturated carbocycles. The zero-order valence-corrected chi connectivity index (χ0v) is 18.4. The van der Waals surface area contributed by atoms with Crippen LogP contribution in [0.5, 0.6) is 5.75 Å². The molecule has 166 valence electrons. The molecule has 8 nitrogen and oxygen atoms in total. The lowest BCUT2D eigenvalue weighted by atomic mass is 9.97. The number of ether oxygens (including phenoxy) is 2. The zero-order valence-electron chi connectivity index (χ0n) is 17.5. The number of sulfonamides is 1. The van der Waals surface area contributed by atoms with Crippen molar-refractivity contribution in [1.29, 1.82) is 0 Å². The van der Waals surface area contributed by atoms with Crippen molar-refractivity contribution in [2.24, 2.45) is 5.92 Å². The van der Waals surface area contributed by atoms with Gasteiger partial charge in [-0.2, -0.15) is 4.31 Å². The Hall–Kier alpha value is -2.91. The van der Waals surface area contributed by atoms with E-state index in [1.807, 2.05) is 19.1 Å². The second kappa shape index (κ2) is 9.93. The van der Waals surface area contributed by atoms with Gasteiger partial charge in [-0.3, -0.25) is 4.79 Å². The molecule has 1 aliphatic rings. The van der Waals surface area contributed by atoms with Crippen molar-refractivity contribution in [3.8, 4) is 5.75 Å². The second-order valence-electron chi connectivity index (χ2n) is 7.08. The Bertz CT molecular complexity index is 1050. The van der Waals surface area contributed by atoms with Crippen LogP contribution in [0.1, 0.15) is 30.1 Å². The number of methoxy groups -OCH3 is 1. The molecule has 0 aromatic heterocycles. The molecule has 0 spiro atoms. The van der Waals surface area contributed by atoms with Crippen LogP contribution >= 0.6 is 0 Å². The summed E-state index contributed by atoms with van der Waals surface area (Å²) in [6, 6.07) is 13.2. The van der Waals surface area contributed by atoms with Gasteiger partial charge < -0.3 is 14.8 Å². The van der Waals surface area contributed by atoms with Crippen molar-refractivity contribution in [2.75, 3.05) is 32.1 Å². The molecule has 9 heteroatoms. The molecule has 2 aromatic rings. The fraction of sp³-hybridized carbons (Fsp3) is 0.364. The van der Waals surface area contributed by atoms with Gasteiger partial charge in [0.15, 0.2) is 0 Å². The van der Waals surface area contributed by atoms with Crippen LogP contribution in [0.4, 0.5) is 5.69 Å². The van der Waals surface area contributed by atoms with Gasteiger partial charge in [0, 0.05) is 19.0 Å². The molecule has 1 heterocycles. The number of rotatable bonds is 7. The van der Waals surface area contributed by atoms with Crippen molar-refractivity contribution in [2.45, 2.75) is 24.7 Å². The summed E-state index contributed by atoms with van der Waals surface area (Å²) in [5.41, 5.74) is 0.591. The first kappa shape index (κ1) is 22.8. The predicted octanol–water partition coefficient (Wildman–Crippen LogP) is 2.91. The summed E-state index contributed by atoms with van der Waals surface area (Å²) >= 11 is 0. The third-order valence-corrected chi connectivity index (χ3v) is 7.14. The highest BCUT2D eigenvalue weighted by molar-refractivity contribution is 7.89. The number of para-hydroxylation sites is 2. The van der Waals surface area contributed by atoms with Gasteiger partial charge in [0.2, 0.25) is 15.9 Å². The quantitative estimate of drug-likeness (QED) is 0.656. The number of piperidine rings is 1. The first-order chi connectivity index (χ1) is 14.9.